The zero-order valence-electron chi connectivity index (χ0n) is 10.8. The highest BCUT2D eigenvalue weighted by Gasteiger charge is 2.23. The molecule has 90 valence electrons. The molecular formula is C13H27NO. The Morgan fingerprint density at radius 2 is 2.00 bits per heavy atom. The highest BCUT2D eigenvalue weighted by molar-refractivity contribution is 4.77. The lowest BCUT2D eigenvalue weighted by atomic mass is 10.1. The van der Waals surface area contributed by atoms with Gasteiger partial charge in [0.2, 0.25) is 0 Å². The average molecular weight is 213 g/mol. The number of likely N-dealkylation sites (N-methyl/N-ethyl adjacent to an activating group) is 1. The second-order valence-electron chi connectivity index (χ2n) is 5.70. The van der Waals surface area contributed by atoms with Crippen LogP contribution in [0, 0.1) is 5.92 Å². The van der Waals surface area contributed by atoms with Gasteiger partial charge in [-0.05, 0) is 46.1 Å². The van der Waals surface area contributed by atoms with E-state index in [2.05, 4.69) is 33.0 Å². The summed E-state index contributed by atoms with van der Waals surface area (Å²) in [5, 5.41) is 3.51. The molecule has 1 unspecified atom stereocenters. The van der Waals surface area contributed by atoms with Gasteiger partial charge in [0.05, 0.1) is 12.2 Å². The van der Waals surface area contributed by atoms with Crippen molar-refractivity contribution in [2.45, 2.75) is 65.0 Å². The van der Waals surface area contributed by atoms with Gasteiger partial charge in [-0.2, -0.15) is 0 Å². The van der Waals surface area contributed by atoms with Crippen LogP contribution in [0.2, 0.25) is 0 Å². The summed E-state index contributed by atoms with van der Waals surface area (Å²) < 4.78 is 5.83. The monoisotopic (exact) mass is 213 g/mol. The molecule has 2 nitrogen and oxygen atoms in total. The predicted molar refractivity (Wildman–Crippen MR) is 65.1 cm³/mol. The first kappa shape index (κ1) is 13.0. The quantitative estimate of drug-likeness (QED) is 0.702. The molecule has 0 saturated heterocycles. The highest BCUT2D eigenvalue weighted by atomic mass is 16.5. The van der Waals surface area contributed by atoms with Crippen LogP contribution in [0.5, 0.6) is 0 Å². The highest BCUT2D eigenvalue weighted by Crippen LogP contribution is 2.33. The lowest BCUT2D eigenvalue weighted by Gasteiger charge is -2.25. The molecule has 1 aliphatic carbocycles. The third kappa shape index (κ3) is 6.91. The fraction of sp³-hybridized carbons (Fsp3) is 1.00. The van der Waals surface area contributed by atoms with Crippen molar-refractivity contribution in [1.82, 2.24) is 5.32 Å². The SMILES string of the molecule is CCNC(CCC1CC1)COC(C)(C)C. The smallest absolute Gasteiger partial charge is 0.0626 e. The van der Waals surface area contributed by atoms with Crippen LogP contribution in [0.4, 0.5) is 0 Å². The molecule has 0 bridgehead atoms. The van der Waals surface area contributed by atoms with Crippen molar-refractivity contribution in [3.8, 4) is 0 Å². The third-order valence-corrected chi connectivity index (χ3v) is 2.83. The first-order chi connectivity index (χ1) is 7.01. The maximum Gasteiger partial charge on any atom is 0.0626 e. The van der Waals surface area contributed by atoms with Gasteiger partial charge in [-0.15, -0.1) is 0 Å². The van der Waals surface area contributed by atoms with Crippen LogP contribution in [0.25, 0.3) is 0 Å². The van der Waals surface area contributed by atoms with Crippen molar-refractivity contribution in [3.05, 3.63) is 0 Å². The number of nitrogens with one attached hydrogen (secondary N) is 1. The van der Waals surface area contributed by atoms with Gasteiger partial charge < -0.3 is 10.1 Å². The van der Waals surface area contributed by atoms with Gasteiger partial charge in [0, 0.05) is 6.04 Å². The standard InChI is InChI=1S/C13H27NO/c1-5-14-12(9-8-11-6-7-11)10-15-13(2,3)4/h11-12,14H,5-10H2,1-4H3. The molecule has 1 rings (SSSR count). The van der Waals surface area contributed by atoms with Gasteiger partial charge in [-0.3, -0.25) is 0 Å². The van der Waals surface area contributed by atoms with Crippen molar-refractivity contribution >= 4 is 0 Å². The summed E-state index contributed by atoms with van der Waals surface area (Å²) in [6, 6.07) is 0.551. The molecule has 1 fully saturated rings. The normalized spacial score (nSPS) is 19.2. The van der Waals surface area contributed by atoms with Crippen LogP contribution in [-0.4, -0.2) is 24.8 Å². The van der Waals surface area contributed by atoms with Crippen LogP contribution in [0.15, 0.2) is 0 Å². The van der Waals surface area contributed by atoms with Crippen LogP contribution in [0.1, 0.15) is 53.4 Å². The van der Waals surface area contributed by atoms with Crippen molar-refractivity contribution in [2.75, 3.05) is 13.2 Å². The summed E-state index contributed by atoms with van der Waals surface area (Å²) >= 11 is 0. The second-order valence-corrected chi connectivity index (χ2v) is 5.70. The zero-order chi connectivity index (χ0) is 11.3. The summed E-state index contributed by atoms with van der Waals surface area (Å²) in [4.78, 5) is 0. The molecule has 1 atom stereocenters. The molecule has 0 amide bonds. The van der Waals surface area contributed by atoms with Gasteiger partial charge in [-0.25, -0.2) is 0 Å². The molecule has 0 aromatic heterocycles. The number of rotatable bonds is 7. The van der Waals surface area contributed by atoms with Gasteiger partial charge in [0.1, 0.15) is 0 Å². The second kappa shape index (κ2) is 5.86. The molecule has 1 N–H and O–H groups in total. The van der Waals surface area contributed by atoms with Crippen LogP contribution in [-0.2, 0) is 4.74 Å². The maximum atomic E-state index is 5.83. The Labute approximate surface area is 94.8 Å². The fourth-order valence-corrected chi connectivity index (χ4v) is 1.73. The van der Waals surface area contributed by atoms with E-state index >= 15 is 0 Å². The molecule has 0 aromatic rings. The lowest BCUT2D eigenvalue weighted by molar-refractivity contribution is -0.0155. The Bertz CT molecular complexity index is 170. The maximum absolute atomic E-state index is 5.83. The third-order valence-electron chi connectivity index (χ3n) is 2.83. The van der Waals surface area contributed by atoms with Crippen LogP contribution >= 0.6 is 0 Å². The Morgan fingerprint density at radius 1 is 1.33 bits per heavy atom. The fourth-order valence-electron chi connectivity index (χ4n) is 1.73. The molecule has 0 spiro atoms. The molecular weight excluding hydrogens is 186 g/mol. The number of hydrogen-bond donors (Lipinski definition) is 1. The minimum atomic E-state index is -0.00669. The van der Waals surface area contributed by atoms with Crippen molar-refractivity contribution in [2.24, 2.45) is 5.92 Å². The van der Waals surface area contributed by atoms with Crippen molar-refractivity contribution < 1.29 is 4.74 Å². The predicted octanol–water partition coefficient (Wildman–Crippen LogP) is 2.97. The summed E-state index contributed by atoms with van der Waals surface area (Å²) in [6.07, 6.45) is 5.57. The van der Waals surface area contributed by atoms with E-state index in [1.54, 1.807) is 0 Å². The molecule has 1 saturated carbocycles. The molecule has 0 aromatic carbocycles. The van der Waals surface area contributed by atoms with Gasteiger partial charge in [-0.1, -0.05) is 19.8 Å². The summed E-state index contributed by atoms with van der Waals surface area (Å²) in [6.45, 7) is 10.4. The topological polar surface area (TPSA) is 21.3 Å². The minimum Gasteiger partial charge on any atom is -0.374 e. The molecule has 1 aliphatic rings. The molecule has 2 heteroatoms. The minimum absolute atomic E-state index is 0.00669. The largest absolute Gasteiger partial charge is 0.374 e. The van der Waals surface area contributed by atoms with E-state index in [1.165, 1.54) is 25.7 Å². The lowest BCUT2D eigenvalue weighted by Crippen LogP contribution is -2.36. The van der Waals surface area contributed by atoms with E-state index in [0.29, 0.717) is 6.04 Å². The Hall–Kier alpha value is -0.0800. The zero-order valence-corrected chi connectivity index (χ0v) is 10.8. The Morgan fingerprint density at radius 3 is 2.47 bits per heavy atom. The summed E-state index contributed by atoms with van der Waals surface area (Å²) in [5.41, 5.74) is -0.00669. The molecule has 15 heavy (non-hydrogen) atoms. The van der Waals surface area contributed by atoms with E-state index < -0.39 is 0 Å². The van der Waals surface area contributed by atoms with E-state index in [9.17, 15) is 0 Å². The van der Waals surface area contributed by atoms with E-state index in [-0.39, 0.29) is 5.60 Å². The van der Waals surface area contributed by atoms with Gasteiger partial charge in [0.15, 0.2) is 0 Å². The van der Waals surface area contributed by atoms with E-state index in [4.69, 9.17) is 4.74 Å². The first-order valence-corrected chi connectivity index (χ1v) is 6.38. The number of ether oxygens (including phenoxy) is 1. The van der Waals surface area contributed by atoms with Crippen LogP contribution < -0.4 is 5.32 Å². The van der Waals surface area contributed by atoms with Gasteiger partial charge >= 0.3 is 0 Å². The van der Waals surface area contributed by atoms with Crippen LogP contribution in [0.3, 0.4) is 0 Å². The molecule has 0 radical (unpaired) electrons. The van der Waals surface area contributed by atoms with Gasteiger partial charge in [0.25, 0.3) is 0 Å². The Balaban J connectivity index is 2.16. The average Bonchev–Trinajstić information content (AvgIpc) is 2.92. The molecule has 0 heterocycles. The summed E-state index contributed by atoms with van der Waals surface area (Å²) in [7, 11) is 0. The van der Waals surface area contributed by atoms with Crippen molar-refractivity contribution in [3.63, 3.8) is 0 Å². The summed E-state index contributed by atoms with van der Waals surface area (Å²) in [5.74, 6) is 1.03. The Kier molecular flexibility index (Phi) is 5.07. The number of hydrogen-bond acceptors (Lipinski definition) is 2. The molecule has 0 aliphatic heterocycles. The first-order valence-electron chi connectivity index (χ1n) is 6.38. The van der Waals surface area contributed by atoms with E-state index in [0.717, 1.165) is 19.1 Å². The van der Waals surface area contributed by atoms with Crippen molar-refractivity contribution in [1.29, 1.82) is 0 Å². The van der Waals surface area contributed by atoms with E-state index in [1.807, 2.05) is 0 Å².